The molecule has 21 fully saturated rings. The second kappa shape index (κ2) is 43.8. The van der Waals surface area contributed by atoms with Crippen LogP contribution in [0.5, 0.6) is 0 Å². The fraction of sp³-hybridized carbons (Fsp3) is 1.00. The molecule has 0 saturated heterocycles. The summed E-state index contributed by atoms with van der Waals surface area (Å²) in [7, 11) is 0. The van der Waals surface area contributed by atoms with Crippen LogP contribution in [0.4, 0.5) is 0 Å². The average molecular weight is 1470 g/mol. The molecule has 14 unspecified atom stereocenters. The van der Waals surface area contributed by atoms with E-state index in [1.54, 1.807) is 89.9 Å². The van der Waals surface area contributed by atoms with Crippen molar-refractivity contribution in [2.24, 2.45) is 181 Å². The quantitative estimate of drug-likeness (QED) is 0.263. The van der Waals surface area contributed by atoms with E-state index in [4.69, 9.17) is 0 Å². The molecule has 0 aromatic heterocycles. The second-order valence-electron chi connectivity index (χ2n) is 46.6. The minimum Gasteiger partial charge on any atom is -0.0651 e. The van der Waals surface area contributed by atoms with E-state index in [1.165, 1.54) is 250 Å². The average Bonchev–Trinajstić information content (AvgIpc) is 1.61. The van der Waals surface area contributed by atoms with Gasteiger partial charge in [-0.05, 0) is 354 Å². The van der Waals surface area contributed by atoms with Gasteiger partial charge in [0.15, 0.2) is 0 Å². The fourth-order valence-corrected chi connectivity index (χ4v) is 28.1. The maximum atomic E-state index is 2.49. The molecule has 0 aliphatic heterocycles. The first-order chi connectivity index (χ1) is 50.4. The smallest absolute Gasteiger partial charge is 0.0297 e. The van der Waals surface area contributed by atoms with E-state index < -0.39 is 0 Å². The van der Waals surface area contributed by atoms with Crippen LogP contribution in [0.15, 0.2) is 0 Å². The maximum Gasteiger partial charge on any atom is -0.0297 e. The van der Waals surface area contributed by atoms with E-state index >= 15 is 0 Å². The molecule has 0 aromatic rings. The molecule has 0 nitrogen and oxygen atoms in total. The molecule has 14 bridgehead atoms. The van der Waals surface area contributed by atoms with E-state index in [-0.39, 0.29) is 0 Å². The second-order valence-corrected chi connectivity index (χ2v) is 46.6. The Hall–Kier alpha value is 0. The third-order valence-corrected chi connectivity index (χ3v) is 39.4. The van der Waals surface area contributed by atoms with Crippen LogP contribution >= 0.6 is 0 Å². The minimum absolute atomic E-state index is 0.637. The molecule has 106 heavy (non-hydrogen) atoms. The van der Waals surface area contributed by atoms with E-state index in [1.807, 2.05) is 0 Å². The van der Waals surface area contributed by atoms with Crippen LogP contribution in [-0.2, 0) is 0 Å². The molecule has 0 spiro atoms. The molecule has 21 atom stereocenters. The van der Waals surface area contributed by atoms with Crippen LogP contribution in [0.3, 0.4) is 0 Å². The van der Waals surface area contributed by atoms with Crippen LogP contribution < -0.4 is 0 Å². The zero-order chi connectivity index (χ0) is 77.0. The molecule has 21 aliphatic rings. The predicted molar refractivity (Wildman–Crippen MR) is 472 cm³/mol. The van der Waals surface area contributed by atoms with Gasteiger partial charge in [0.1, 0.15) is 0 Å². The summed E-state index contributed by atoms with van der Waals surface area (Å²) in [4.78, 5) is 0. The lowest BCUT2D eigenvalue weighted by Crippen LogP contribution is -2.38. The Labute approximate surface area is 669 Å². The van der Waals surface area contributed by atoms with Crippen molar-refractivity contribution in [2.45, 2.75) is 493 Å². The maximum absolute atomic E-state index is 2.49. The molecule has 21 rings (SSSR count). The van der Waals surface area contributed by atoms with Gasteiger partial charge in [0.25, 0.3) is 0 Å². The number of hydrogen-bond donors (Lipinski definition) is 0. The summed E-state index contributed by atoms with van der Waals surface area (Å²) < 4.78 is 0. The molecule has 0 amide bonds. The molecule has 0 aromatic carbocycles. The lowest BCUT2D eigenvalue weighted by Gasteiger charge is -2.49. The van der Waals surface area contributed by atoms with Gasteiger partial charge in [-0.15, -0.1) is 0 Å². The van der Waals surface area contributed by atoms with Crippen molar-refractivity contribution >= 4 is 0 Å². The number of rotatable bonds is 4. The van der Waals surface area contributed by atoms with Crippen LogP contribution in [0.1, 0.15) is 493 Å². The molecule has 21 aliphatic carbocycles. The highest BCUT2D eigenvalue weighted by molar-refractivity contribution is 5.01. The zero-order valence-electron chi connectivity index (χ0n) is 77.0. The van der Waals surface area contributed by atoms with Crippen molar-refractivity contribution in [1.82, 2.24) is 0 Å². The first-order valence-electron chi connectivity index (χ1n) is 50.4. The summed E-state index contributed by atoms with van der Waals surface area (Å²) in [6.07, 6.45) is 79.9. The van der Waals surface area contributed by atoms with Gasteiger partial charge in [0, 0.05) is 0 Å². The highest BCUT2D eigenvalue weighted by Gasteiger charge is 2.51. The Morgan fingerprint density at radius 3 is 0.981 bits per heavy atom. The van der Waals surface area contributed by atoms with Gasteiger partial charge in [-0.3, -0.25) is 0 Å². The lowest BCUT2D eigenvalue weighted by atomic mass is 9.57. The standard InChI is InChI=1S/2C10H18.4C9H16.3C9H18.C8H14.C8H16.C7H14/c1-7-8-4-5-9(6-8)10(7,2)3;1-8-7-9-3-5-10(8,2)6-4-9;1-7-5-8-3-4-9(7,2)6-8;1-6-7(2)9-4-3-8(6)5-9;1-7-6-8-2-4-9(7)5-3-8;1-2-8-5-7-3-4-9(8)6-7;1-8-6-4-5-7-9(8,2)3;1-7-5-4-6-8(2)9(7)3;1-3-9(2)7-5-4-6-8-9;1-6-4-7-2-3-8(6)5-7;1-2-8-6-4-3-5-7-8;1-2-7-5-3-4-6-7/h7-9H,4-6H2,1-3H3;8-9H,3-7H2,1-2H3;7-8H,3-6H2,1-2H3;6-9H,3-5H2,1-2H3;2*7-9H,2-6H2,1H3;8H,4-7H2,1-3H3;7-9H,4-6H2,1-3H3;3-8H2,1-2H3;6-8H,2-5H2,1H3;8H,2-7H2,1H3;7H,2-6H2,1H3/t7-,8?,9?;8-,9?,10?;7-,8?,9?;6-,7?,8?,9?;7-,8?,9?;;8-;;;6-,7?,8?;;/m10000.1..0../s1. The van der Waals surface area contributed by atoms with Gasteiger partial charge in [0.05, 0.1) is 0 Å². The fourth-order valence-electron chi connectivity index (χ4n) is 28.1. The van der Waals surface area contributed by atoms with Crippen molar-refractivity contribution in [1.29, 1.82) is 0 Å². The third kappa shape index (κ3) is 26.8. The molecular formula is C106H198. The molecule has 0 heterocycles. The Morgan fingerprint density at radius 1 is 0.264 bits per heavy atom. The summed E-state index contributed by atoms with van der Waals surface area (Å²) >= 11 is 0. The van der Waals surface area contributed by atoms with E-state index in [9.17, 15) is 0 Å². The van der Waals surface area contributed by atoms with Crippen LogP contribution in [-0.4, -0.2) is 0 Å². The van der Waals surface area contributed by atoms with Gasteiger partial charge >= 0.3 is 0 Å². The lowest BCUT2D eigenvalue weighted by molar-refractivity contribution is 0.0209. The largest absolute Gasteiger partial charge is 0.0651 e. The molecule has 0 N–H and O–H groups in total. The Morgan fingerprint density at radius 2 is 0.708 bits per heavy atom. The summed E-state index contributed by atoms with van der Waals surface area (Å²) in [5.74, 6) is 27.9. The first-order valence-corrected chi connectivity index (χ1v) is 50.4. The summed E-state index contributed by atoms with van der Waals surface area (Å²) in [6.45, 7) is 53.1. The topological polar surface area (TPSA) is 0 Å². The Balaban J connectivity index is 0.000000146. The SMILES string of the molecule is CC1C2CCC(C2)[C@H]1C.CC1CCCC(C)C1C.CCC1(C)CCCCC1.CCC1CC2CCC1C2.CCC1CCCC1.CCC1CCCCC1.C[C@@H]1C2CCC(C2)C1(C)C.C[C@@H]1CCCCC1(C)C.C[C@H]1CC2CCC1(C)C2.C[C@H]1CC2CCC1(C)CC2.C[C@H]1CC2CCC1C2.C[C@H]1CC2CCC1CC2. The van der Waals surface area contributed by atoms with Crippen LogP contribution in [0.25, 0.3) is 0 Å². The first kappa shape index (κ1) is 91.5. The van der Waals surface area contributed by atoms with Crippen molar-refractivity contribution in [2.75, 3.05) is 0 Å². The van der Waals surface area contributed by atoms with Crippen molar-refractivity contribution in [3.8, 4) is 0 Å². The van der Waals surface area contributed by atoms with E-state index in [0.717, 1.165) is 170 Å². The third-order valence-electron chi connectivity index (χ3n) is 39.4. The van der Waals surface area contributed by atoms with Crippen molar-refractivity contribution in [3.05, 3.63) is 0 Å². The Bertz CT molecular complexity index is 2260. The summed E-state index contributed by atoms with van der Waals surface area (Å²) in [5.41, 5.74) is 3.54. The highest BCUT2D eigenvalue weighted by atomic mass is 14.6. The number of fused-ring (bicyclic) bond motifs is 16. The summed E-state index contributed by atoms with van der Waals surface area (Å²) in [6, 6.07) is 0. The monoisotopic (exact) mass is 1470 g/mol. The van der Waals surface area contributed by atoms with Crippen molar-refractivity contribution in [3.63, 3.8) is 0 Å². The Kier molecular flexibility index (Phi) is 37.8. The van der Waals surface area contributed by atoms with E-state index in [2.05, 4.69) is 152 Å². The highest BCUT2D eigenvalue weighted by Crippen LogP contribution is 2.60. The predicted octanol–water partition coefficient (Wildman–Crippen LogP) is 35.2. The van der Waals surface area contributed by atoms with Gasteiger partial charge in [0.2, 0.25) is 0 Å². The van der Waals surface area contributed by atoms with Crippen LogP contribution in [0.2, 0.25) is 0 Å². The van der Waals surface area contributed by atoms with Gasteiger partial charge in [-0.2, -0.15) is 0 Å². The van der Waals surface area contributed by atoms with Gasteiger partial charge in [-0.1, -0.05) is 319 Å². The molecule has 622 valence electrons. The van der Waals surface area contributed by atoms with Crippen molar-refractivity contribution < 1.29 is 0 Å². The summed E-state index contributed by atoms with van der Waals surface area (Å²) in [5, 5.41) is 0. The molecule has 21 saturated carbocycles. The number of hydrogen-bond acceptors (Lipinski definition) is 0. The van der Waals surface area contributed by atoms with E-state index in [0.29, 0.717) is 10.8 Å². The molecule has 0 radical (unpaired) electrons. The normalized spacial score (nSPS) is 44.0. The van der Waals surface area contributed by atoms with Crippen LogP contribution in [0, 0.1) is 181 Å². The minimum atomic E-state index is 0.637. The van der Waals surface area contributed by atoms with Gasteiger partial charge in [-0.25, -0.2) is 0 Å². The zero-order valence-corrected chi connectivity index (χ0v) is 77.0. The van der Waals surface area contributed by atoms with Gasteiger partial charge < -0.3 is 0 Å². The molecule has 0 heteroatoms. The molecular weight excluding hydrogens is 1270 g/mol.